The van der Waals surface area contributed by atoms with Gasteiger partial charge in [-0.25, -0.2) is 0 Å². The summed E-state index contributed by atoms with van der Waals surface area (Å²) in [6.45, 7) is 2.11. The summed E-state index contributed by atoms with van der Waals surface area (Å²) < 4.78 is 0. The van der Waals surface area contributed by atoms with Gasteiger partial charge < -0.3 is 15.5 Å². The van der Waals surface area contributed by atoms with Crippen LogP contribution in [0.2, 0.25) is 0 Å². The molecule has 2 unspecified atom stereocenters. The van der Waals surface area contributed by atoms with Gasteiger partial charge in [-0.3, -0.25) is 4.79 Å². The number of carboxylic acid groups (broad SMARTS) is 1. The highest BCUT2D eigenvalue weighted by atomic mass is 16.4. The molecule has 3 N–H and O–H groups in total. The van der Waals surface area contributed by atoms with E-state index in [4.69, 9.17) is 10.2 Å². The van der Waals surface area contributed by atoms with Crippen LogP contribution in [0, 0.1) is 5.92 Å². The van der Waals surface area contributed by atoms with E-state index in [2.05, 4.69) is 5.32 Å². The second kappa shape index (κ2) is 5.32. The minimum absolute atomic E-state index is 0.114. The summed E-state index contributed by atoms with van der Waals surface area (Å²) in [5.74, 6) is -0.455. The topological polar surface area (TPSA) is 69.6 Å². The summed E-state index contributed by atoms with van der Waals surface area (Å²) in [7, 11) is 0. The van der Waals surface area contributed by atoms with Crippen molar-refractivity contribution in [2.24, 2.45) is 5.92 Å². The first-order valence-electron chi connectivity index (χ1n) is 5.28. The third-order valence-electron chi connectivity index (χ3n) is 2.75. The summed E-state index contributed by atoms with van der Waals surface area (Å²) in [5, 5.41) is 20.9. The minimum atomic E-state index is -0.760. The molecule has 0 heterocycles. The van der Waals surface area contributed by atoms with E-state index in [1.807, 2.05) is 6.92 Å². The summed E-state index contributed by atoms with van der Waals surface area (Å²) in [4.78, 5) is 10.9. The second-order valence-corrected chi connectivity index (χ2v) is 3.94. The summed E-state index contributed by atoms with van der Waals surface area (Å²) in [5.41, 5.74) is 0. The maximum atomic E-state index is 10.9. The van der Waals surface area contributed by atoms with Gasteiger partial charge in [-0.05, 0) is 31.6 Å². The van der Waals surface area contributed by atoms with Gasteiger partial charge in [0.25, 0.3) is 0 Å². The largest absolute Gasteiger partial charge is 0.480 e. The fraction of sp³-hybridized carbons (Fsp3) is 0.900. The molecule has 0 spiro atoms. The van der Waals surface area contributed by atoms with Crippen molar-refractivity contribution in [1.82, 2.24) is 5.32 Å². The lowest BCUT2D eigenvalue weighted by atomic mass is 10.1. The first-order valence-corrected chi connectivity index (χ1v) is 5.28. The van der Waals surface area contributed by atoms with E-state index < -0.39 is 12.0 Å². The standard InChI is InChI=1S/C10H19NO3/c1-2-8(5-6-12)11-9(10(13)14)7-3-4-7/h7-9,11-12H,2-6H2,1H3,(H,13,14). The van der Waals surface area contributed by atoms with E-state index in [1.165, 1.54) is 0 Å². The van der Waals surface area contributed by atoms with Crippen LogP contribution in [0.25, 0.3) is 0 Å². The van der Waals surface area contributed by atoms with Gasteiger partial charge in [0.2, 0.25) is 0 Å². The van der Waals surface area contributed by atoms with Crippen LogP contribution in [0.15, 0.2) is 0 Å². The average Bonchev–Trinajstić information content (AvgIpc) is 2.94. The molecule has 0 amide bonds. The third kappa shape index (κ3) is 3.27. The highest BCUT2D eigenvalue weighted by Crippen LogP contribution is 2.33. The number of rotatable bonds is 7. The van der Waals surface area contributed by atoms with Crippen LogP contribution in [0.3, 0.4) is 0 Å². The Bertz CT molecular complexity index is 192. The molecule has 0 saturated heterocycles. The first-order chi connectivity index (χ1) is 6.69. The molecule has 1 aliphatic carbocycles. The molecule has 0 radical (unpaired) electrons. The maximum absolute atomic E-state index is 10.9. The molecule has 0 aromatic carbocycles. The molecule has 0 aromatic heterocycles. The third-order valence-corrected chi connectivity index (χ3v) is 2.75. The lowest BCUT2D eigenvalue weighted by Gasteiger charge is -2.21. The van der Waals surface area contributed by atoms with E-state index in [9.17, 15) is 4.79 Å². The van der Waals surface area contributed by atoms with Crippen LogP contribution in [0.4, 0.5) is 0 Å². The lowest BCUT2D eigenvalue weighted by Crippen LogP contribution is -2.44. The van der Waals surface area contributed by atoms with Crippen LogP contribution >= 0.6 is 0 Å². The van der Waals surface area contributed by atoms with Crippen molar-refractivity contribution in [3.63, 3.8) is 0 Å². The van der Waals surface area contributed by atoms with Crippen molar-refractivity contribution in [2.75, 3.05) is 6.61 Å². The number of carboxylic acids is 1. The zero-order valence-electron chi connectivity index (χ0n) is 8.57. The predicted octanol–water partition coefficient (Wildman–Crippen LogP) is 0.600. The van der Waals surface area contributed by atoms with Crippen molar-refractivity contribution in [2.45, 2.75) is 44.7 Å². The van der Waals surface area contributed by atoms with Crippen LogP contribution in [0.1, 0.15) is 32.6 Å². The summed E-state index contributed by atoms with van der Waals surface area (Å²) in [6, 6.07) is -0.284. The SMILES string of the molecule is CCC(CCO)NC(C(=O)O)C1CC1. The molecular weight excluding hydrogens is 182 g/mol. The number of aliphatic hydroxyl groups excluding tert-OH is 1. The summed E-state index contributed by atoms with van der Waals surface area (Å²) in [6.07, 6.45) is 3.52. The molecule has 14 heavy (non-hydrogen) atoms. The minimum Gasteiger partial charge on any atom is -0.480 e. The van der Waals surface area contributed by atoms with Crippen molar-refractivity contribution in [3.8, 4) is 0 Å². The van der Waals surface area contributed by atoms with Crippen molar-refractivity contribution in [1.29, 1.82) is 0 Å². The molecule has 0 aromatic rings. The Morgan fingerprint density at radius 3 is 2.57 bits per heavy atom. The number of hydrogen-bond acceptors (Lipinski definition) is 3. The Kier molecular flexibility index (Phi) is 4.35. The molecule has 4 heteroatoms. The number of hydrogen-bond donors (Lipinski definition) is 3. The zero-order valence-corrected chi connectivity index (χ0v) is 8.57. The monoisotopic (exact) mass is 201 g/mol. The second-order valence-electron chi connectivity index (χ2n) is 3.94. The maximum Gasteiger partial charge on any atom is 0.320 e. The van der Waals surface area contributed by atoms with Gasteiger partial charge in [0.1, 0.15) is 6.04 Å². The zero-order chi connectivity index (χ0) is 10.6. The Balaban J connectivity index is 2.39. The van der Waals surface area contributed by atoms with Crippen LogP contribution < -0.4 is 5.32 Å². The lowest BCUT2D eigenvalue weighted by molar-refractivity contribution is -0.140. The fourth-order valence-electron chi connectivity index (χ4n) is 1.65. The van der Waals surface area contributed by atoms with E-state index in [-0.39, 0.29) is 12.6 Å². The van der Waals surface area contributed by atoms with Gasteiger partial charge in [0.05, 0.1) is 0 Å². The smallest absolute Gasteiger partial charge is 0.320 e. The fourth-order valence-corrected chi connectivity index (χ4v) is 1.65. The molecule has 2 atom stereocenters. The Hall–Kier alpha value is -0.610. The highest BCUT2D eigenvalue weighted by Gasteiger charge is 2.36. The van der Waals surface area contributed by atoms with E-state index >= 15 is 0 Å². The van der Waals surface area contributed by atoms with Gasteiger partial charge in [-0.15, -0.1) is 0 Å². The first kappa shape index (κ1) is 11.5. The average molecular weight is 201 g/mol. The molecule has 1 fully saturated rings. The van der Waals surface area contributed by atoms with Crippen molar-refractivity contribution < 1.29 is 15.0 Å². The Morgan fingerprint density at radius 1 is 1.57 bits per heavy atom. The van der Waals surface area contributed by atoms with Crippen molar-refractivity contribution >= 4 is 5.97 Å². The number of carbonyl (C=O) groups is 1. The van der Waals surface area contributed by atoms with Crippen LogP contribution in [-0.2, 0) is 4.79 Å². The molecule has 1 aliphatic rings. The molecule has 82 valence electrons. The van der Waals surface area contributed by atoms with Gasteiger partial charge in [-0.1, -0.05) is 6.92 Å². The normalized spacial score (nSPS) is 20.4. The molecule has 1 rings (SSSR count). The molecular formula is C10H19NO3. The highest BCUT2D eigenvalue weighted by molar-refractivity contribution is 5.74. The Labute approximate surface area is 84.3 Å². The number of nitrogens with one attached hydrogen (secondary N) is 1. The summed E-state index contributed by atoms with van der Waals surface area (Å²) >= 11 is 0. The Morgan fingerprint density at radius 2 is 2.21 bits per heavy atom. The van der Waals surface area contributed by atoms with Crippen molar-refractivity contribution in [3.05, 3.63) is 0 Å². The number of aliphatic hydroxyl groups is 1. The van der Waals surface area contributed by atoms with Crippen LogP contribution in [-0.4, -0.2) is 34.9 Å². The number of aliphatic carboxylic acids is 1. The van der Waals surface area contributed by atoms with Gasteiger partial charge in [-0.2, -0.15) is 0 Å². The molecule has 0 bridgehead atoms. The molecule has 0 aliphatic heterocycles. The van der Waals surface area contributed by atoms with E-state index in [1.54, 1.807) is 0 Å². The van der Waals surface area contributed by atoms with Gasteiger partial charge in [0, 0.05) is 12.6 Å². The molecule has 1 saturated carbocycles. The predicted molar refractivity (Wildman–Crippen MR) is 53.1 cm³/mol. The van der Waals surface area contributed by atoms with E-state index in [0.717, 1.165) is 19.3 Å². The van der Waals surface area contributed by atoms with Gasteiger partial charge >= 0.3 is 5.97 Å². The quantitative estimate of drug-likeness (QED) is 0.564. The van der Waals surface area contributed by atoms with Crippen LogP contribution in [0.5, 0.6) is 0 Å². The molecule has 4 nitrogen and oxygen atoms in total. The van der Waals surface area contributed by atoms with E-state index in [0.29, 0.717) is 12.3 Å². The van der Waals surface area contributed by atoms with Gasteiger partial charge in [0.15, 0.2) is 0 Å².